The first-order valence-electron chi connectivity index (χ1n) is 7.58. The molecule has 3 aromatic heterocycles. The first kappa shape index (κ1) is 14.3. The van der Waals surface area contributed by atoms with Crippen LogP contribution in [0.1, 0.15) is 10.8 Å². The van der Waals surface area contributed by atoms with E-state index in [1.54, 1.807) is 16.0 Å². The highest BCUT2D eigenvalue weighted by molar-refractivity contribution is 7.15. The molecule has 0 N–H and O–H groups in total. The minimum Gasteiger partial charge on any atom is -0.352 e. The van der Waals surface area contributed by atoms with Gasteiger partial charge in [-0.3, -0.25) is 4.68 Å². The molecule has 0 aliphatic carbocycles. The number of aryl methyl sites for hydroxylation is 3. The maximum Gasteiger partial charge on any atom is 0.208 e. The summed E-state index contributed by atoms with van der Waals surface area (Å²) in [5, 5.41) is 15.7. The molecule has 3 aromatic rings. The van der Waals surface area contributed by atoms with E-state index in [0.29, 0.717) is 0 Å². The summed E-state index contributed by atoms with van der Waals surface area (Å²) in [6, 6.07) is 0. The molecule has 1 aliphatic rings. The summed E-state index contributed by atoms with van der Waals surface area (Å²) in [6.07, 6.45) is 1.85. The van der Waals surface area contributed by atoms with Crippen LogP contribution in [0.2, 0.25) is 0 Å². The largest absolute Gasteiger partial charge is 0.352 e. The molecule has 4 heterocycles. The predicted molar refractivity (Wildman–Crippen MR) is 90.1 cm³/mol. The molecule has 23 heavy (non-hydrogen) atoms. The molecule has 8 nitrogen and oxygen atoms in total. The molecule has 1 fully saturated rings. The average Bonchev–Trinajstić information content (AvgIpc) is 3.14. The molecular formula is C14H18N8S. The number of hydrogen-bond acceptors (Lipinski definition) is 8. The van der Waals surface area contributed by atoms with E-state index in [9.17, 15) is 0 Å². The van der Waals surface area contributed by atoms with Crippen LogP contribution in [-0.4, -0.2) is 56.1 Å². The van der Waals surface area contributed by atoms with E-state index >= 15 is 0 Å². The van der Waals surface area contributed by atoms with Gasteiger partial charge in [0.1, 0.15) is 16.6 Å². The second-order valence-corrected chi connectivity index (χ2v) is 6.84. The molecule has 1 saturated heterocycles. The number of rotatable bonds is 2. The maximum atomic E-state index is 4.66. The average molecular weight is 330 g/mol. The van der Waals surface area contributed by atoms with Gasteiger partial charge in [-0.05, 0) is 13.8 Å². The summed E-state index contributed by atoms with van der Waals surface area (Å²) < 4.78 is 1.80. The summed E-state index contributed by atoms with van der Waals surface area (Å²) in [4.78, 5) is 13.7. The molecule has 0 bridgehead atoms. The molecule has 0 spiro atoms. The Balaban J connectivity index is 1.59. The molecule has 0 atom stereocenters. The quantitative estimate of drug-likeness (QED) is 0.698. The number of aromatic nitrogens is 6. The number of nitrogens with zero attached hydrogens (tertiary/aromatic N) is 8. The van der Waals surface area contributed by atoms with Gasteiger partial charge >= 0.3 is 0 Å². The Hall–Kier alpha value is -2.29. The Labute approximate surface area is 137 Å². The Kier molecular flexibility index (Phi) is 3.37. The van der Waals surface area contributed by atoms with Crippen LogP contribution >= 0.6 is 11.3 Å². The third kappa shape index (κ3) is 2.50. The Morgan fingerprint density at radius 1 is 1.00 bits per heavy atom. The highest BCUT2D eigenvalue weighted by Gasteiger charge is 2.23. The lowest BCUT2D eigenvalue weighted by Gasteiger charge is -2.35. The van der Waals surface area contributed by atoms with Crippen molar-refractivity contribution in [2.75, 3.05) is 36.0 Å². The van der Waals surface area contributed by atoms with Gasteiger partial charge in [0.05, 0.1) is 11.6 Å². The van der Waals surface area contributed by atoms with Crippen LogP contribution < -0.4 is 9.80 Å². The van der Waals surface area contributed by atoms with E-state index in [1.165, 1.54) is 0 Å². The zero-order valence-corrected chi connectivity index (χ0v) is 14.2. The van der Waals surface area contributed by atoms with E-state index in [4.69, 9.17) is 0 Å². The summed E-state index contributed by atoms with van der Waals surface area (Å²) in [7, 11) is 1.91. The van der Waals surface area contributed by atoms with Crippen molar-refractivity contribution in [3.8, 4) is 0 Å². The molecule has 0 amide bonds. The second-order valence-electron chi connectivity index (χ2n) is 5.68. The van der Waals surface area contributed by atoms with Gasteiger partial charge in [0.25, 0.3) is 0 Å². The smallest absolute Gasteiger partial charge is 0.208 e. The van der Waals surface area contributed by atoms with Gasteiger partial charge in [0.15, 0.2) is 5.65 Å². The summed E-state index contributed by atoms with van der Waals surface area (Å²) in [5.74, 6) is 1.76. The molecule has 4 rings (SSSR count). The van der Waals surface area contributed by atoms with Gasteiger partial charge in [-0.25, -0.2) is 9.97 Å². The van der Waals surface area contributed by atoms with Crippen molar-refractivity contribution in [3.63, 3.8) is 0 Å². The van der Waals surface area contributed by atoms with Crippen molar-refractivity contribution < 1.29 is 0 Å². The minimum atomic E-state index is 0.776. The highest BCUT2D eigenvalue weighted by atomic mass is 32.1. The number of hydrogen-bond donors (Lipinski definition) is 0. The fourth-order valence-electron chi connectivity index (χ4n) is 2.88. The molecule has 0 saturated carbocycles. The molecule has 0 unspecified atom stereocenters. The molecule has 1 aliphatic heterocycles. The summed E-state index contributed by atoms with van der Waals surface area (Å²) in [5.41, 5.74) is 0.884. The van der Waals surface area contributed by atoms with Crippen LogP contribution in [0.25, 0.3) is 11.0 Å². The number of fused-ring (bicyclic) bond motifs is 1. The Morgan fingerprint density at radius 2 is 1.74 bits per heavy atom. The Morgan fingerprint density at radius 3 is 2.43 bits per heavy atom. The van der Waals surface area contributed by atoms with Crippen molar-refractivity contribution in [2.24, 2.45) is 7.05 Å². The van der Waals surface area contributed by atoms with Crippen LogP contribution in [-0.2, 0) is 7.05 Å². The highest BCUT2D eigenvalue weighted by Crippen LogP contribution is 2.26. The van der Waals surface area contributed by atoms with Crippen molar-refractivity contribution in [1.29, 1.82) is 0 Å². The van der Waals surface area contributed by atoms with Crippen LogP contribution in [0.5, 0.6) is 0 Å². The second kappa shape index (κ2) is 5.41. The van der Waals surface area contributed by atoms with Crippen molar-refractivity contribution in [1.82, 2.24) is 29.9 Å². The SMILES string of the molecule is Cc1nc(N2CCN(c3nnc(C)s3)CC2)c2cnn(C)c2n1. The van der Waals surface area contributed by atoms with Gasteiger partial charge in [0, 0.05) is 33.2 Å². The van der Waals surface area contributed by atoms with Gasteiger partial charge in [0.2, 0.25) is 5.13 Å². The predicted octanol–water partition coefficient (Wildman–Crippen LogP) is 1.16. The van der Waals surface area contributed by atoms with E-state index in [2.05, 4.69) is 35.1 Å². The van der Waals surface area contributed by atoms with E-state index < -0.39 is 0 Å². The first-order chi connectivity index (χ1) is 11.1. The third-order valence-electron chi connectivity index (χ3n) is 4.05. The maximum absolute atomic E-state index is 4.66. The van der Waals surface area contributed by atoms with Gasteiger partial charge in [-0.15, -0.1) is 10.2 Å². The van der Waals surface area contributed by atoms with Crippen LogP contribution in [0, 0.1) is 13.8 Å². The summed E-state index contributed by atoms with van der Waals surface area (Å²) in [6.45, 7) is 7.55. The zero-order chi connectivity index (χ0) is 16.0. The van der Waals surface area contributed by atoms with Gasteiger partial charge in [-0.2, -0.15) is 5.10 Å². The molecule has 9 heteroatoms. The minimum absolute atomic E-state index is 0.776. The van der Waals surface area contributed by atoms with Gasteiger partial charge < -0.3 is 9.80 Å². The van der Waals surface area contributed by atoms with E-state index in [0.717, 1.165) is 59.0 Å². The standard InChI is InChI=1S/C14H18N8S/c1-9-16-12-11(8-15-20(12)3)13(17-9)21-4-6-22(7-5-21)14-19-18-10(2)23-14/h8H,4-7H2,1-3H3. The van der Waals surface area contributed by atoms with Crippen molar-refractivity contribution in [3.05, 3.63) is 17.0 Å². The molecule has 0 radical (unpaired) electrons. The monoisotopic (exact) mass is 330 g/mol. The lowest BCUT2D eigenvalue weighted by molar-refractivity contribution is 0.644. The fraction of sp³-hybridized carbons (Fsp3) is 0.500. The fourth-order valence-corrected chi connectivity index (χ4v) is 3.62. The third-order valence-corrected chi connectivity index (χ3v) is 4.95. The first-order valence-corrected chi connectivity index (χ1v) is 8.40. The lowest BCUT2D eigenvalue weighted by atomic mass is 10.3. The Bertz CT molecular complexity index is 846. The lowest BCUT2D eigenvalue weighted by Crippen LogP contribution is -2.47. The molecular weight excluding hydrogens is 312 g/mol. The van der Waals surface area contributed by atoms with E-state index in [1.807, 2.05) is 27.1 Å². The van der Waals surface area contributed by atoms with Crippen molar-refractivity contribution >= 4 is 33.3 Å². The topological polar surface area (TPSA) is 75.9 Å². The zero-order valence-electron chi connectivity index (χ0n) is 13.4. The van der Waals surface area contributed by atoms with Crippen LogP contribution in [0.15, 0.2) is 6.20 Å². The summed E-state index contributed by atoms with van der Waals surface area (Å²) >= 11 is 1.65. The van der Waals surface area contributed by atoms with Gasteiger partial charge in [-0.1, -0.05) is 11.3 Å². The molecule has 120 valence electrons. The normalized spacial score (nSPS) is 15.6. The molecule has 0 aromatic carbocycles. The number of piperazine rings is 1. The van der Waals surface area contributed by atoms with Crippen LogP contribution in [0.3, 0.4) is 0 Å². The van der Waals surface area contributed by atoms with E-state index in [-0.39, 0.29) is 0 Å². The van der Waals surface area contributed by atoms with Crippen LogP contribution in [0.4, 0.5) is 10.9 Å². The van der Waals surface area contributed by atoms with Crippen molar-refractivity contribution in [2.45, 2.75) is 13.8 Å². The number of anilines is 2.